The highest BCUT2D eigenvalue weighted by atomic mass is 16.1. The summed E-state index contributed by atoms with van der Waals surface area (Å²) in [5, 5.41) is 0. The van der Waals surface area contributed by atoms with E-state index >= 15 is 0 Å². The van der Waals surface area contributed by atoms with Gasteiger partial charge in [-0.25, -0.2) is 0 Å². The van der Waals surface area contributed by atoms with Gasteiger partial charge < -0.3 is 0 Å². The number of hydrogen-bond donors (Lipinski definition) is 0. The molecule has 1 rings (SSSR count). The predicted molar refractivity (Wildman–Crippen MR) is 55.5 cm³/mol. The smallest absolute Gasteiger partial charge is 0.158 e. The van der Waals surface area contributed by atoms with Crippen molar-refractivity contribution in [2.75, 3.05) is 0 Å². The van der Waals surface area contributed by atoms with Crippen LogP contribution < -0.4 is 0 Å². The molecule has 0 radical (unpaired) electrons. The van der Waals surface area contributed by atoms with E-state index in [4.69, 9.17) is 0 Å². The van der Waals surface area contributed by atoms with Gasteiger partial charge >= 0.3 is 0 Å². The Morgan fingerprint density at radius 1 is 1.54 bits per heavy atom. The number of carbonyl (C=O) groups excluding carboxylic acids is 1. The Hall–Kier alpha value is -0.850. The summed E-state index contributed by atoms with van der Waals surface area (Å²) in [7, 11) is 0. The Morgan fingerprint density at radius 3 is 2.77 bits per heavy atom. The minimum Gasteiger partial charge on any atom is -0.295 e. The van der Waals surface area contributed by atoms with E-state index in [1.807, 2.05) is 6.08 Å². The molecule has 0 heterocycles. The SMILES string of the molecule is C=CC(C)CC1=C(C)CCCC1=O. The van der Waals surface area contributed by atoms with Crippen LogP contribution in [0.4, 0.5) is 0 Å². The zero-order valence-electron chi connectivity index (χ0n) is 8.60. The molecular formula is C12H18O. The number of ketones is 1. The van der Waals surface area contributed by atoms with Gasteiger partial charge in [0.15, 0.2) is 5.78 Å². The number of carbonyl (C=O) groups is 1. The maximum absolute atomic E-state index is 11.6. The van der Waals surface area contributed by atoms with Gasteiger partial charge in [-0.3, -0.25) is 4.79 Å². The number of rotatable bonds is 3. The summed E-state index contributed by atoms with van der Waals surface area (Å²) in [5.74, 6) is 0.782. The molecule has 0 aromatic rings. The maximum atomic E-state index is 11.6. The summed E-state index contributed by atoms with van der Waals surface area (Å²) < 4.78 is 0. The Kier molecular flexibility index (Phi) is 3.47. The van der Waals surface area contributed by atoms with Gasteiger partial charge in [0, 0.05) is 6.42 Å². The molecule has 0 amide bonds. The lowest BCUT2D eigenvalue weighted by Gasteiger charge is -2.18. The minimum absolute atomic E-state index is 0.359. The average Bonchev–Trinajstić information content (AvgIpc) is 2.11. The molecule has 1 aliphatic carbocycles. The van der Waals surface area contributed by atoms with Crippen LogP contribution in [0.25, 0.3) is 0 Å². The van der Waals surface area contributed by atoms with Crippen molar-refractivity contribution < 1.29 is 4.79 Å². The fourth-order valence-electron chi connectivity index (χ4n) is 1.75. The van der Waals surface area contributed by atoms with E-state index < -0.39 is 0 Å². The van der Waals surface area contributed by atoms with Crippen LogP contribution in [0.15, 0.2) is 23.8 Å². The largest absolute Gasteiger partial charge is 0.295 e. The van der Waals surface area contributed by atoms with E-state index in [0.29, 0.717) is 11.7 Å². The molecule has 72 valence electrons. The first-order valence-electron chi connectivity index (χ1n) is 4.99. The summed E-state index contributed by atoms with van der Waals surface area (Å²) >= 11 is 0. The Balaban J connectivity index is 2.74. The highest BCUT2D eigenvalue weighted by Crippen LogP contribution is 2.26. The van der Waals surface area contributed by atoms with Crippen LogP contribution in [0, 0.1) is 5.92 Å². The molecule has 0 N–H and O–H groups in total. The van der Waals surface area contributed by atoms with Gasteiger partial charge in [-0.2, -0.15) is 0 Å². The minimum atomic E-state index is 0.359. The standard InChI is InChI=1S/C12H18O/c1-4-9(2)8-11-10(3)6-5-7-12(11)13/h4,9H,1,5-8H2,2-3H3. The highest BCUT2D eigenvalue weighted by molar-refractivity contribution is 5.96. The van der Waals surface area contributed by atoms with Crippen molar-refractivity contribution in [3.05, 3.63) is 23.8 Å². The fourth-order valence-corrected chi connectivity index (χ4v) is 1.75. The molecule has 1 atom stereocenters. The van der Waals surface area contributed by atoms with Crippen molar-refractivity contribution in [3.8, 4) is 0 Å². The molecule has 0 aliphatic heterocycles. The highest BCUT2D eigenvalue weighted by Gasteiger charge is 2.18. The van der Waals surface area contributed by atoms with Crippen LogP contribution in [0.1, 0.15) is 39.5 Å². The second kappa shape index (κ2) is 4.40. The summed E-state index contributed by atoms with van der Waals surface area (Å²) in [4.78, 5) is 11.6. The zero-order chi connectivity index (χ0) is 9.84. The molecule has 1 heteroatoms. The van der Waals surface area contributed by atoms with E-state index in [1.165, 1.54) is 5.57 Å². The second-order valence-corrected chi connectivity index (χ2v) is 3.95. The third kappa shape index (κ3) is 2.55. The molecule has 0 saturated carbocycles. The molecule has 0 bridgehead atoms. The second-order valence-electron chi connectivity index (χ2n) is 3.95. The van der Waals surface area contributed by atoms with Crippen LogP contribution >= 0.6 is 0 Å². The zero-order valence-corrected chi connectivity index (χ0v) is 8.60. The van der Waals surface area contributed by atoms with E-state index in [-0.39, 0.29) is 0 Å². The fraction of sp³-hybridized carbons (Fsp3) is 0.583. The first-order valence-corrected chi connectivity index (χ1v) is 4.99. The molecule has 1 unspecified atom stereocenters. The van der Waals surface area contributed by atoms with E-state index in [1.54, 1.807) is 0 Å². The summed E-state index contributed by atoms with van der Waals surface area (Å²) in [6.45, 7) is 7.93. The number of allylic oxidation sites excluding steroid dienone is 3. The lowest BCUT2D eigenvalue weighted by Crippen LogP contribution is -2.12. The molecule has 13 heavy (non-hydrogen) atoms. The van der Waals surface area contributed by atoms with Crippen LogP contribution in [0.5, 0.6) is 0 Å². The van der Waals surface area contributed by atoms with Crippen molar-refractivity contribution in [2.24, 2.45) is 5.92 Å². The van der Waals surface area contributed by atoms with E-state index in [2.05, 4.69) is 20.4 Å². The van der Waals surface area contributed by atoms with E-state index in [9.17, 15) is 4.79 Å². The van der Waals surface area contributed by atoms with Crippen molar-refractivity contribution in [3.63, 3.8) is 0 Å². The van der Waals surface area contributed by atoms with Gasteiger partial charge in [-0.15, -0.1) is 6.58 Å². The molecule has 0 fully saturated rings. The summed E-state index contributed by atoms with van der Waals surface area (Å²) in [6, 6.07) is 0. The topological polar surface area (TPSA) is 17.1 Å². The van der Waals surface area contributed by atoms with Crippen molar-refractivity contribution in [1.82, 2.24) is 0 Å². The molecule has 0 aromatic heterocycles. The van der Waals surface area contributed by atoms with Gasteiger partial charge in [0.25, 0.3) is 0 Å². The lowest BCUT2D eigenvalue weighted by molar-refractivity contribution is -0.116. The van der Waals surface area contributed by atoms with Crippen molar-refractivity contribution in [1.29, 1.82) is 0 Å². The van der Waals surface area contributed by atoms with Gasteiger partial charge in [-0.05, 0) is 37.7 Å². The third-order valence-corrected chi connectivity index (χ3v) is 2.74. The average molecular weight is 178 g/mol. The van der Waals surface area contributed by atoms with Crippen molar-refractivity contribution in [2.45, 2.75) is 39.5 Å². The van der Waals surface area contributed by atoms with Gasteiger partial charge in [0.2, 0.25) is 0 Å². The van der Waals surface area contributed by atoms with Crippen LogP contribution in [-0.4, -0.2) is 5.78 Å². The molecule has 0 spiro atoms. The molecular weight excluding hydrogens is 160 g/mol. The predicted octanol–water partition coefficient (Wildman–Crippen LogP) is 3.27. The van der Waals surface area contributed by atoms with Gasteiger partial charge in [0.05, 0.1) is 0 Å². The summed E-state index contributed by atoms with van der Waals surface area (Å²) in [5.41, 5.74) is 2.36. The Morgan fingerprint density at radius 2 is 2.23 bits per heavy atom. The quantitative estimate of drug-likeness (QED) is 0.606. The molecule has 1 nitrogen and oxygen atoms in total. The van der Waals surface area contributed by atoms with E-state index in [0.717, 1.165) is 31.3 Å². The summed E-state index contributed by atoms with van der Waals surface area (Å²) in [6.07, 6.45) is 5.69. The van der Waals surface area contributed by atoms with Crippen LogP contribution in [0.3, 0.4) is 0 Å². The number of hydrogen-bond acceptors (Lipinski definition) is 1. The first kappa shape index (κ1) is 10.2. The maximum Gasteiger partial charge on any atom is 0.158 e. The van der Waals surface area contributed by atoms with Gasteiger partial charge in [-0.1, -0.05) is 18.6 Å². The molecule has 0 aromatic carbocycles. The monoisotopic (exact) mass is 178 g/mol. The number of Topliss-reactive ketones (excluding diaryl/α,β-unsaturated/α-hetero) is 1. The molecule has 0 saturated heterocycles. The van der Waals surface area contributed by atoms with Gasteiger partial charge in [0.1, 0.15) is 0 Å². The molecule has 1 aliphatic rings. The lowest BCUT2D eigenvalue weighted by atomic mass is 9.86. The van der Waals surface area contributed by atoms with Crippen LogP contribution in [0.2, 0.25) is 0 Å². The Labute approximate surface area is 80.5 Å². The van der Waals surface area contributed by atoms with Crippen molar-refractivity contribution >= 4 is 5.78 Å². The van der Waals surface area contributed by atoms with Crippen LogP contribution in [-0.2, 0) is 4.79 Å². The first-order chi connectivity index (χ1) is 6.15. The third-order valence-electron chi connectivity index (χ3n) is 2.74. The normalized spacial score (nSPS) is 20.3. The Bertz CT molecular complexity index is 248.